The molecule has 8 heteroatoms. The van der Waals surface area contributed by atoms with E-state index in [1.54, 1.807) is 22.9 Å². The van der Waals surface area contributed by atoms with Gasteiger partial charge in [-0.05, 0) is 34.2 Å². The summed E-state index contributed by atoms with van der Waals surface area (Å²) in [5.74, 6) is 0.507. The Balaban J connectivity index is 2.23. The number of hydrogen-bond donors (Lipinski definition) is 0. The second kappa shape index (κ2) is 7.31. The highest BCUT2D eigenvalue weighted by molar-refractivity contribution is 14.2. The van der Waals surface area contributed by atoms with Gasteiger partial charge in [-0.3, -0.25) is 0 Å². The fourth-order valence-electron chi connectivity index (χ4n) is 1.69. The SMILES string of the molecule is COC(OC)c1cc(F)cc(Oc2cnn(PI)c2)c1. The first-order chi connectivity index (χ1) is 9.66. The zero-order valence-electron chi connectivity index (χ0n) is 10.8. The van der Waals surface area contributed by atoms with Gasteiger partial charge < -0.3 is 14.2 Å². The molecular weight excluding hydrogens is 397 g/mol. The highest BCUT2D eigenvalue weighted by Gasteiger charge is 2.13. The fraction of sp³-hybridized carbons (Fsp3) is 0.250. The molecule has 2 aromatic rings. The van der Waals surface area contributed by atoms with Crippen molar-refractivity contribution < 1.29 is 18.6 Å². The van der Waals surface area contributed by atoms with Gasteiger partial charge >= 0.3 is 0 Å². The first kappa shape index (κ1) is 15.6. The largest absolute Gasteiger partial charge is 0.454 e. The fourth-order valence-corrected chi connectivity index (χ4v) is 2.76. The van der Waals surface area contributed by atoms with Crippen LogP contribution >= 0.6 is 28.4 Å². The van der Waals surface area contributed by atoms with Gasteiger partial charge in [0.05, 0.1) is 18.8 Å². The lowest BCUT2D eigenvalue weighted by Gasteiger charge is -2.14. The van der Waals surface area contributed by atoms with Crippen LogP contribution in [-0.4, -0.2) is 23.8 Å². The minimum absolute atomic E-state index is 0.371. The zero-order valence-corrected chi connectivity index (χ0v) is 14.0. The van der Waals surface area contributed by atoms with Crippen LogP contribution < -0.4 is 4.74 Å². The summed E-state index contributed by atoms with van der Waals surface area (Å²) in [6.07, 6.45) is 3.18. The summed E-state index contributed by atoms with van der Waals surface area (Å²) in [7, 11) is 2.98. The molecule has 20 heavy (non-hydrogen) atoms. The first-order valence-electron chi connectivity index (χ1n) is 5.61. The second-order valence-corrected chi connectivity index (χ2v) is 5.91. The number of nitrogens with zero attached hydrogens (tertiary/aromatic N) is 2. The normalized spacial score (nSPS) is 11.7. The van der Waals surface area contributed by atoms with Crippen molar-refractivity contribution in [2.75, 3.05) is 14.2 Å². The third-order valence-electron chi connectivity index (χ3n) is 2.48. The number of rotatable bonds is 6. The third kappa shape index (κ3) is 3.88. The van der Waals surface area contributed by atoms with Gasteiger partial charge in [0.25, 0.3) is 0 Å². The highest BCUT2D eigenvalue weighted by atomic mass is 127. The molecule has 0 fully saturated rings. The predicted molar refractivity (Wildman–Crippen MR) is 83.2 cm³/mol. The summed E-state index contributed by atoms with van der Waals surface area (Å²) in [5.41, 5.74) is 0.549. The van der Waals surface area contributed by atoms with Crippen molar-refractivity contribution in [3.8, 4) is 11.5 Å². The lowest BCUT2D eigenvalue weighted by atomic mass is 10.2. The van der Waals surface area contributed by atoms with Gasteiger partial charge in [-0.25, -0.2) is 8.84 Å². The Morgan fingerprint density at radius 2 is 2.00 bits per heavy atom. The van der Waals surface area contributed by atoms with Crippen LogP contribution in [0.15, 0.2) is 30.6 Å². The van der Waals surface area contributed by atoms with E-state index < -0.39 is 12.1 Å². The average molecular weight is 410 g/mol. The summed E-state index contributed by atoms with van der Waals surface area (Å²) in [4.78, 5) is 0. The maximum absolute atomic E-state index is 13.6. The van der Waals surface area contributed by atoms with Crippen molar-refractivity contribution in [2.45, 2.75) is 6.29 Å². The Labute approximate surface area is 130 Å². The number of halogens is 2. The van der Waals surface area contributed by atoms with E-state index in [1.807, 2.05) is 0 Å². The van der Waals surface area contributed by atoms with Crippen LogP contribution in [0.2, 0.25) is 0 Å². The maximum Gasteiger partial charge on any atom is 0.183 e. The number of benzene rings is 1. The molecule has 0 spiro atoms. The Bertz CT molecular complexity index is 578. The van der Waals surface area contributed by atoms with Crippen molar-refractivity contribution >= 4 is 28.4 Å². The number of hydrogen-bond acceptors (Lipinski definition) is 4. The Morgan fingerprint density at radius 1 is 1.25 bits per heavy atom. The topological polar surface area (TPSA) is 45.5 Å². The molecule has 108 valence electrons. The summed E-state index contributed by atoms with van der Waals surface area (Å²) in [6.45, 7) is 0. The molecule has 0 aliphatic carbocycles. The molecule has 0 saturated heterocycles. The maximum atomic E-state index is 13.6. The Morgan fingerprint density at radius 3 is 2.60 bits per heavy atom. The van der Waals surface area contributed by atoms with Crippen molar-refractivity contribution in [3.63, 3.8) is 0 Å². The zero-order chi connectivity index (χ0) is 14.5. The minimum Gasteiger partial charge on any atom is -0.454 e. The van der Waals surface area contributed by atoms with Crippen LogP contribution in [0.4, 0.5) is 4.39 Å². The molecule has 1 aromatic heterocycles. The van der Waals surface area contributed by atoms with Crippen molar-refractivity contribution in [3.05, 3.63) is 42.0 Å². The summed E-state index contributed by atoms with van der Waals surface area (Å²) in [5, 5.41) is 4.10. The van der Waals surface area contributed by atoms with E-state index in [0.29, 0.717) is 23.4 Å². The molecule has 0 radical (unpaired) electrons. The molecule has 0 amide bonds. The summed E-state index contributed by atoms with van der Waals surface area (Å²) in [6, 6.07) is 4.32. The third-order valence-corrected chi connectivity index (χ3v) is 4.38. The Kier molecular flexibility index (Phi) is 5.71. The Hall–Kier alpha value is -0.760. The molecule has 0 saturated carbocycles. The molecule has 2 rings (SSSR count). The van der Waals surface area contributed by atoms with E-state index in [1.165, 1.54) is 26.4 Å². The first-order valence-corrected chi connectivity index (χ1v) is 9.67. The number of ether oxygens (including phenoxy) is 3. The van der Waals surface area contributed by atoms with Crippen LogP contribution in [0, 0.1) is 5.82 Å². The minimum atomic E-state index is -0.633. The molecule has 0 N–H and O–H groups in total. The molecular formula is C12H13FIN2O3P. The van der Waals surface area contributed by atoms with Crippen molar-refractivity contribution in [1.82, 2.24) is 9.55 Å². The van der Waals surface area contributed by atoms with E-state index in [2.05, 4.69) is 27.1 Å². The van der Waals surface area contributed by atoms with Gasteiger partial charge in [0.1, 0.15) is 11.6 Å². The van der Waals surface area contributed by atoms with E-state index in [9.17, 15) is 4.39 Å². The van der Waals surface area contributed by atoms with E-state index in [0.717, 1.165) is 0 Å². The molecule has 1 unspecified atom stereocenters. The lowest BCUT2D eigenvalue weighted by Crippen LogP contribution is -2.04. The van der Waals surface area contributed by atoms with Crippen LogP contribution in [0.1, 0.15) is 11.9 Å². The molecule has 1 heterocycles. The van der Waals surface area contributed by atoms with Gasteiger partial charge in [-0.2, -0.15) is 5.10 Å². The van der Waals surface area contributed by atoms with E-state index in [-0.39, 0.29) is 0 Å². The van der Waals surface area contributed by atoms with Crippen molar-refractivity contribution in [1.29, 1.82) is 0 Å². The molecule has 0 bridgehead atoms. The van der Waals surface area contributed by atoms with Gasteiger partial charge in [-0.1, -0.05) is 0 Å². The number of methoxy groups -OCH3 is 2. The molecule has 1 atom stereocenters. The van der Waals surface area contributed by atoms with Gasteiger partial charge in [-0.15, -0.1) is 0 Å². The molecule has 0 aliphatic heterocycles. The predicted octanol–water partition coefficient (Wildman–Crippen LogP) is 3.90. The second-order valence-electron chi connectivity index (χ2n) is 3.83. The monoisotopic (exact) mass is 410 g/mol. The molecule has 0 aliphatic rings. The van der Waals surface area contributed by atoms with Crippen LogP contribution in [0.25, 0.3) is 0 Å². The smallest absolute Gasteiger partial charge is 0.183 e. The van der Waals surface area contributed by atoms with Crippen LogP contribution in [0.5, 0.6) is 11.5 Å². The molecule has 1 aromatic carbocycles. The lowest BCUT2D eigenvalue weighted by molar-refractivity contribution is -0.106. The quantitative estimate of drug-likeness (QED) is 0.412. The van der Waals surface area contributed by atoms with E-state index in [4.69, 9.17) is 14.2 Å². The van der Waals surface area contributed by atoms with Crippen molar-refractivity contribution in [2.24, 2.45) is 0 Å². The highest BCUT2D eigenvalue weighted by Crippen LogP contribution is 2.30. The van der Waals surface area contributed by atoms with Gasteiger partial charge in [0.15, 0.2) is 12.0 Å². The average Bonchev–Trinajstić information content (AvgIpc) is 2.87. The standard InChI is InChI=1S/C12H13FIN2O3P/c1-17-12(18-2)8-3-9(13)5-10(4-8)19-11-6-15-16(7-11)20-14/h3-7,12,20H,1-2H3. The van der Waals surface area contributed by atoms with Crippen LogP contribution in [-0.2, 0) is 9.47 Å². The van der Waals surface area contributed by atoms with Crippen LogP contribution in [0.3, 0.4) is 0 Å². The summed E-state index contributed by atoms with van der Waals surface area (Å²) < 4.78 is 31.2. The number of aromatic nitrogens is 2. The van der Waals surface area contributed by atoms with E-state index >= 15 is 0 Å². The van der Waals surface area contributed by atoms with Gasteiger partial charge in [0.2, 0.25) is 0 Å². The van der Waals surface area contributed by atoms with Gasteiger partial charge in [0, 0.05) is 25.8 Å². The summed E-state index contributed by atoms with van der Waals surface area (Å²) >= 11 is 2.21. The molecule has 5 nitrogen and oxygen atoms in total.